The quantitative estimate of drug-likeness (QED) is 0.856. The maximum Gasteiger partial charge on any atom is 0.163 e. The zero-order valence-electron chi connectivity index (χ0n) is 14.3. The third kappa shape index (κ3) is 3.00. The smallest absolute Gasteiger partial charge is 0.163 e. The molecule has 4 heteroatoms. The molecule has 2 aromatic carbocycles. The van der Waals surface area contributed by atoms with Gasteiger partial charge in [0.1, 0.15) is 5.75 Å². The highest BCUT2D eigenvalue weighted by molar-refractivity contribution is 6.00. The Morgan fingerprint density at radius 3 is 2.56 bits per heavy atom. The highest BCUT2D eigenvalue weighted by atomic mass is 16.5. The molecule has 128 valence electrons. The summed E-state index contributed by atoms with van der Waals surface area (Å²) in [5.74, 6) is 1.08. The fourth-order valence-electron chi connectivity index (χ4n) is 3.61. The van der Waals surface area contributed by atoms with Crippen molar-refractivity contribution in [3.8, 4) is 5.75 Å². The Morgan fingerprint density at radius 1 is 1.04 bits per heavy atom. The van der Waals surface area contributed by atoms with Crippen molar-refractivity contribution in [1.29, 1.82) is 0 Å². The Kier molecular flexibility index (Phi) is 4.18. The molecule has 1 aliphatic heterocycles. The summed E-state index contributed by atoms with van der Waals surface area (Å²) in [5, 5.41) is 7.07. The van der Waals surface area contributed by atoms with Gasteiger partial charge in [0.2, 0.25) is 0 Å². The summed E-state index contributed by atoms with van der Waals surface area (Å²) in [6, 6.07) is 16.0. The monoisotopic (exact) mass is 334 g/mol. The lowest BCUT2D eigenvalue weighted by Gasteiger charge is -2.25. The first-order valence-corrected chi connectivity index (χ1v) is 8.88. The van der Waals surface area contributed by atoms with Crippen molar-refractivity contribution in [3.63, 3.8) is 0 Å². The van der Waals surface area contributed by atoms with Crippen molar-refractivity contribution in [2.24, 2.45) is 0 Å². The van der Waals surface area contributed by atoms with Gasteiger partial charge in [0.25, 0.3) is 0 Å². The molecular weight excluding hydrogens is 312 g/mol. The maximum absolute atomic E-state index is 12.7. The van der Waals surface area contributed by atoms with Gasteiger partial charge in [-0.2, -0.15) is 0 Å². The second-order valence-electron chi connectivity index (χ2n) is 6.42. The number of nitrogens with one attached hydrogen (secondary N) is 2. The lowest BCUT2D eigenvalue weighted by molar-refractivity contribution is -0.116. The van der Waals surface area contributed by atoms with Crippen LogP contribution in [0.2, 0.25) is 0 Å². The van der Waals surface area contributed by atoms with Crippen LogP contribution in [0.5, 0.6) is 5.75 Å². The van der Waals surface area contributed by atoms with Gasteiger partial charge in [0.05, 0.1) is 24.0 Å². The van der Waals surface area contributed by atoms with E-state index in [-0.39, 0.29) is 11.8 Å². The summed E-state index contributed by atoms with van der Waals surface area (Å²) < 4.78 is 5.55. The Balaban J connectivity index is 1.78. The molecule has 0 saturated carbocycles. The Bertz CT molecular complexity index is 824. The van der Waals surface area contributed by atoms with Gasteiger partial charge in [-0.25, -0.2) is 0 Å². The van der Waals surface area contributed by atoms with E-state index in [1.54, 1.807) is 0 Å². The highest BCUT2D eigenvalue weighted by Crippen LogP contribution is 2.40. The molecule has 4 nitrogen and oxygen atoms in total. The number of ketones is 1. The second kappa shape index (κ2) is 6.63. The lowest BCUT2D eigenvalue weighted by Crippen LogP contribution is -2.23. The number of hydrogen-bond donors (Lipinski definition) is 2. The molecule has 2 aromatic rings. The fourth-order valence-corrected chi connectivity index (χ4v) is 3.61. The van der Waals surface area contributed by atoms with Gasteiger partial charge in [0.15, 0.2) is 5.78 Å². The first kappa shape index (κ1) is 15.8. The van der Waals surface area contributed by atoms with Crippen molar-refractivity contribution < 1.29 is 9.53 Å². The lowest BCUT2D eigenvalue weighted by atomic mass is 9.86. The Morgan fingerprint density at radius 2 is 1.80 bits per heavy atom. The van der Waals surface area contributed by atoms with E-state index < -0.39 is 0 Å². The number of carbonyl (C=O) groups is 1. The molecule has 4 rings (SSSR count). The number of para-hydroxylation sites is 2. The average molecular weight is 334 g/mol. The van der Waals surface area contributed by atoms with E-state index in [0.29, 0.717) is 13.0 Å². The summed E-state index contributed by atoms with van der Waals surface area (Å²) in [4.78, 5) is 12.7. The van der Waals surface area contributed by atoms with E-state index in [9.17, 15) is 4.79 Å². The molecule has 2 N–H and O–H groups in total. The van der Waals surface area contributed by atoms with Gasteiger partial charge < -0.3 is 15.4 Å². The fraction of sp³-hybridized carbons (Fsp3) is 0.286. The summed E-state index contributed by atoms with van der Waals surface area (Å²) >= 11 is 0. The number of rotatable bonds is 3. The summed E-state index contributed by atoms with van der Waals surface area (Å²) in [5.41, 5.74) is 5.03. The third-order valence-corrected chi connectivity index (χ3v) is 4.78. The van der Waals surface area contributed by atoms with E-state index in [2.05, 4.69) is 10.6 Å². The van der Waals surface area contributed by atoms with Gasteiger partial charge in [-0.05, 0) is 49.6 Å². The van der Waals surface area contributed by atoms with Crippen LogP contribution in [0.15, 0.2) is 59.8 Å². The van der Waals surface area contributed by atoms with Crippen molar-refractivity contribution in [2.75, 3.05) is 17.2 Å². The molecule has 0 unspecified atom stereocenters. The molecule has 1 atom stereocenters. The molecule has 0 bridgehead atoms. The molecule has 0 spiro atoms. The number of carbonyl (C=O) groups excluding carboxylic acids is 1. The van der Waals surface area contributed by atoms with Crippen LogP contribution in [-0.2, 0) is 4.79 Å². The first-order valence-electron chi connectivity index (χ1n) is 8.88. The summed E-state index contributed by atoms with van der Waals surface area (Å²) in [6.07, 6.45) is 2.43. The van der Waals surface area contributed by atoms with Crippen LogP contribution in [0, 0.1) is 0 Å². The molecule has 0 radical (unpaired) electrons. The predicted octanol–water partition coefficient (Wildman–Crippen LogP) is 4.67. The van der Waals surface area contributed by atoms with Gasteiger partial charge in [-0.15, -0.1) is 0 Å². The van der Waals surface area contributed by atoms with E-state index in [1.165, 1.54) is 0 Å². The number of anilines is 2. The number of hydrogen-bond acceptors (Lipinski definition) is 4. The number of allylic oxidation sites excluding steroid dienone is 1. The van der Waals surface area contributed by atoms with Crippen molar-refractivity contribution in [2.45, 2.75) is 32.2 Å². The zero-order valence-corrected chi connectivity index (χ0v) is 14.3. The number of Topliss-reactive ketones (excluding diaryl/α,β-unsaturated/α-hetero) is 1. The van der Waals surface area contributed by atoms with Crippen LogP contribution in [0.3, 0.4) is 0 Å². The maximum atomic E-state index is 12.7. The molecular formula is C21H22N2O2. The minimum absolute atomic E-state index is 0.144. The van der Waals surface area contributed by atoms with Crippen LogP contribution in [0.1, 0.15) is 37.8 Å². The molecule has 0 amide bonds. The molecule has 0 fully saturated rings. The van der Waals surface area contributed by atoms with Crippen LogP contribution in [0.4, 0.5) is 11.4 Å². The third-order valence-electron chi connectivity index (χ3n) is 4.78. The Labute approximate surface area is 147 Å². The summed E-state index contributed by atoms with van der Waals surface area (Å²) in [6.45, 7) is 2.62. The minimum Gasteiger partial charge on any atom is -0.494 e. The molecule has 0 saturated heterocycles. The van der Waals surface area contributed by atoms with Gasteiger partial charge in [-0.3, -0.25) is 4.79 Å². The van der Waals surface area contributed by atoms with Crippen molar-refractivity contribution in [3.05, 3.63) is 65.4 Å². The highest BCUT2D eigenvalue weighted by Gasteiger charge is 2.31. The minimum atomic E-state index is -0.144. The van der Waals surface area contributed by atoms with E-state index in [0.717, 1.165) is 46.8 Å². The summed E-state index contributed by atoms with van der Waals surface area (Å²) in [7, 11) is 0. The Hall–Kier alpha value is -2.75. The number of ether oxygens (including phenoxy) is 1. The van der Waals surface area contributed by atoms with Crippen molar-refractivity contribution in [1.82, 2.24) is 0 Å². The van der Waals surface area contributed by atoms with Crippen LogP contribution >= 0.6 is 0 Å². The molecule has 1 heterocycles. The zero-order chi connectivity index (χ0) is 17.2. The SMILES string of the molecule is CCOc1ccc([C@H]2Nc3ccccc3NC3=C2C(=O)CCC3)cc1. The van der Waals surface area contributed by atoms with Gasteiger partial charge in [-0.1, -0.05) is 24.3 Å². The first-order chi connectivity index (χ1) is 12.3. The van der Waals surface area contributed by atoms with E-state index >= 15 is 0 Å². The van der Waals surface area contributed by atoms with E-state index in [1.807, 2.05) is 55.5 Å². The normalized spacial score (nSPS) is 19.2. The second-order valence-corrected chi connectivity index (χ2v) is 6.42. The molecule has 25 heavy (non-hydrogen) atoms. The van der Waals surface area contributed by atoms with E-state index in [4.69, 9.17) is 4.74 Å². The topological polar surface area (TPSA) is 50.4 Å². The van der Waals surface area contributed by atoms with Crippen LogP contribution in [0.25, 0.3) is 0 Å². The molecule has 1 aliphatic carbocycles. The van der Waals surface area contributed by atoms with Crippen molar-refractivity contribution >= 4 is 17.2 Å². The predicted molar refractivity (Wildman–Crippen MR) is 99.9 cm³/mol. The molecule has 2 aliphatic rings. The number of fused-ring (bicyclic) bond motifs is 1. The van der Waals surface area contributed by atoms with Gasteiger partial charge >= 0.3 is 0 Å². The van der Waals surface area contributed by atoms with Crippen LogP contribution < -0.4 is 15.4 Å². The average Bonchev–Trinajstić information content (AvgIpc) is 2.80. The van der Waals surface area contributed by atoms with Crippen LogP contribution in [-0.4, -0.2) is 12.4 Å². The number of benzene rings is 2. The van der Waals surface area contributed by atoms with Gasteiger partial charge in [0, 0.05) is 17.7 Å². The standard InChI is InChI=1S/C21H22N2O2/c1-2-25-15-12-10-14(11-13-15)21-20-18(8-5-9-19(20)24)22-16-6-3-4-7-17(16)23-21/h3-4,6-7,10-13,21-23H,2,5,8-9H2,1H3/t21-/m1/s1. The largest absolute Gasteiger partial charge is 0.494 e. The molecule has 0 aromatic heterocycles.